The van der Waals surface area contributed by atoms with Crippen molar-refractivity contribution >= 4 is 33.6 Å². The number of rotatable bonds is 5. The summed E-state index contributed by atoms with van der Waals surface area (Å²) in [5, 5.41) is 6.10. The van der Waals surface area contributed by atoms with Crippen LogP contribution in [0.25, 0.3) is 21.7 Å². The smallest absolute Gasteiger partial charge is 0.331 e. The molecule has 140 valence electrons. The normalized spacial score (nSPS) is 15.9. The van der Waals surface area contributed by atoms with Crippen molar-refractivity contribution in [2.75, 3.05) is 6.61 Å². The fourth-order valence-corrected chi connectivity index (χ4v) is 4.12. The van der Waals surface area contributed by atoms with Crippen molar-refractivity contribution in [1.82, 2.24) is 5.32 Å². The summed E-state index contributed by atoms with van der Waals surface area (Å²) in [6, 6.07) is 12.0. The molecule has 1 saturated carbocycles. The summed E-state index contributed by atoms with van der Waals surface area (Å²) in [6.45, 7) is 2.10. The summed E-state index contributed by atoms with van der Waals surface area (Å²) in [4.78, 5) is 25.2. The molecule has 1 fully saturated rings. The van der Waals surface area contributed by atoms with Gasteiger partial charge in [0.25, 0.3) is 0 Å². The highest BCUT2D eigenvalue weighted by molar-refractivity contribution is 6.08. The van der Waals surface area contributed by atoms with Crippen molar-refractivity contribution in [3.8, 4) is 0 Å². The second-order valence-electron chi connectivity index (χ2n) is 7.16. The fraction of sp³-hybridized carbons (Fsp3) is 0.364. The molecule has 5 nitrogen and oxygen atoms in total. The third-order valence-electron chi connectivity index (χ3n) is 5.39. The number of ether oxygens (including phenoxy) is 1. The lowest BCUT2D eigenvalue weighted by molar-refractivity contribution is -0.153. The molecule has 5 heteroatoms. The van der Waals surface area contributed by atoms with Gasteiger partial charge in [-0.05, 0) is 36.6 Å². The van der Waals surface area contributed by atoms with Crippen molar-refractivity contribution in [1.29, 1.82) is 0 Å². The quantitative estimate of drug-likeness (QED) is 0.691. The molecular formula is C22H23NO4. The summed E-state index contributed by atoms with van der Waals surface area (Å²) in [5.41, 5.74) is 0.711. The molecule has 1 amide bonds. The van der Waals surface area contributed by atoms with E-state index in [0.717, 1.165) is 40.1 Å². The molecule has 0 saturated heterocycles. The van der Waals surface area contributed by atoms with E-state index in [4.69, 9.17) is 9.15 Å². The minimum atomic E-state index is -0.880. The molecular weight excluding hydrogens is 342 g/mol. The second-order valence-corrected chi connectivity index (χ2v) is 7.16. The topological polar surface area (TPSA) is 68.5 Å². The molecule has 0 unspecified atom stereocenters. The van der Waals surface area contributed by atoms with Gasteiger partial charge in [0.05, 0.1) is 19.3 Å². The lowest BCUT2D eigenvalue weighted by Gasteiger charge is -2.27. The highest BCUT2D eigenvalue weighted by Crippen LogP contribution is 2.32. The number of esters is 1. The Hall–Kier alpha value is -2.82. The first-order valence-electron chi connectivity index (χ1n) is 9.49. The Morgan fingerprint density at radius 1 is 1.15 bits per heavy atom. The van der Waals surface area contributed by atoms with Gasteiger partial charge in [0.1, 0.15) is 11.1 Å². The van der Waals surface area contributed by atoms with E-state index in [-0.39, 0.29) is 18.3 Å². The predicted octanol–water partition coefficient (Wildman–Crippen LogP) is 4.12. The van der Waals surface area contributed by atoms with Crippen molar-refractivity contribution in [2.24, 2.45) is 0 Å². The Labute approximate surface area is 157 Å². The number of fused-ring (bicyclic) bond motifs is 3. The number of nitrogens with one attached hydrogen (secondary N) is 1. The van der Waals surface area contributed by atoms with Crippen LogP contribution in [-0.4, -0.2) is 24.0 Å². The third kappa shape index (κ3) is 3.18. The van der Waals surface area contributed by atoms with E-state index in [1.165, 1.54) is 0 Å². The molecule has 4 rings (SSSR count). The zero-order chi connectivity index (χ0) is 18.9. The van der Waals surface area contributed by atoms with E-state index >= 15 is 0 Å². The van der Waals surface area contributed by atoms with Crippen molar-refractivity contribution in [2.45, 2.75) is 44.6 Å². The summed E-state index contributed by atoms with van der Waals surface area (Å²) < 4.78 is 10.9. The number of carbonyl (C=O) groups is 2. The van der Waals surface area contributed by atoms with Crippen LogP contribution in [0.2, 0.25) is 0 Å². The van der Waals surface area contributed by atoms with Crippen LogP contribution in [-0.2, 0) is 20.7 Å². The number of amides is 1. The molecule has 1 aliphatic carbocycles. The van der Waals surface area contributed by atoms with Crippen molar-refractivity contribution < 1.29 is 18.7 Å². The zero-order valence-corrected chi connectivity index (χ0v) is 15.4. The monoisotopic (exact) mass is 365 g/mol. The van der Waals surface area contributed by atoms with E-state index in [2.05, 4.69) is 5.32 Å². The van der Waals surface area contributed by atoms with Gasteiger partial charge in [0.15, 0.2) is 0 Å². The Bertz CT molecular complexity index is 998. The summed E-state index contributed by atoms with van der Waals surface area (Å²) in [5.74, 6) is -0.501. The largest absolute Gasteiger partial charge is 0.464 e. The van der Waals surface area contributed by atoms with Gasteiger partial charge in [0, 0.05) is 10.9 Å². The molecule has 0 aliphatic heterocycles. The lowest BCUT2D eigenvalue weighted by atomic mass is 9.96. The first kappa shape index (κ1) is 17.6. The Balaban J connectivity index is 1.61. The van der Waals surface area contributed by atoms with Crippen LogP contribution in [0, 0.1) is 0 Å². The molecule has 2 aromatic carbocycles. The maximum Gasteiger partial charge on any atom is 0.331 e. The van der Waals surface area contributed by atoms with Crippen LogP contribution in [0.1, 0.15) is 38.2 Å². The summed E-state index contributed by atoms with van der Waals surface area (Å²) in [7, 11) is 0. The highest BCUT2D eigenvalue weighted by atomic mass is 16.5. The maximum atomic E-state index is 12.8. The molecule has 0 atom stereocenters. The molecule has 3 aromatic rings. The van der Waals surface area contributed by atoms with Crippen LogP contribution >= 0.6 is 0 Å². The zero-order valence-electron chi connectivity index (χ0n) is 15.4. The number of carbonyl (C=O) groups excluding carboxylic acids is 2. The number of hydrogen-bond acceptors (Lipinski definition) is 4. The van der Waals surface area contributed by atoms with Gasteiger partial charge in [-0.2, -0.15) is 0 Å². The van der Waals surface area contributed by atoms with Gasteiger partial charge < -0.3 is 14.5 Å². The summed E-state index contributed by atoms with van der Waals surface area (Å²) in [6.07, 6.45) is 4.90. The number of furan rings is 1. The van der Waals surface area contributed by atoms with Crippen LogP contribution in [0.5, 0.6) is 0 Å². The molecule has 1 aromatic heterocycles. The number of hydrogen-bond donors (Lipinski definition) is 1. The molecule has 1 heterocycles. The first-order chi connectivity index (χ1) is 13.1. The Morgan fingerprint density at radius 2 is 1.93 bits per heavy atom. The van der Waals surface area contributed by atoms with Crippen molar-refractivity contribution in [3.63, 3.8) is 0 Å². The van der Waals surface area contributed by atoms with E-state index in [9.17, 15) is 9.59 Å². The van der Waals surface area contributed by atoms with E-state index in [0.29, 0.717) is 19.4 Å². The minimum absolute atomic E-state index is 0.169. The molecule has 1 aliphatic rings. The van der Waals surface area contributed by atoms with Crippen LogP contribution in [0.4, 0.5) is 0 Å². The van der Waals surface area contributed by atoms with E-state index in [1.807, 2.05) is 36.4 Å². The second kappa shape index (κ2) is 7.06. The van der Waals surface area contributed by atoms with Crippen LogP contribution in [0.15, 0.2) is 47.1 Å². The third-order valence-corrected chi connectivity index (χ3v) is 5.39. The van der Waals surface area contributed by atoms with Gasteiger partial charge in [-0.1, -0.05) is 43.2 Å². The Kier molecular flexibility index (Phi) is 4.60. The highest BCUT2D eigenvalue weighted by Gasteiger charge is 2.43. The molecule has 0 radical (unpaired) electrons. The number of benzene rings is 2. The van der Waals surface area contributed by atoms with E-state index < -0.39 is 5.54 Å². The fourth-order valence-electron chi connectivity index (χ4n) is 4.12. The maximum absolute atomic E-state index is 12.8. The van der Waals surface area contributed by atoms with Gasteiger partial charge in [-0.25, -0.2) is 4.79 Å². The Morgan fingerprint density at radius 3 is 2.70 bits per heavy atom. The van der Waals surface area contributed by atoms with Crippen LogP contribution < -0.4 is 5.32 Å². The average molecular weight is 365 g/mol. The average Bonchev–Trinajstić information content (AvgIpc) is 3.30. The molecule has 1 N–H and O–H groups in total. The minimum Gasteiger partial charge on any atom is -0.464 e. The van der Waals surface area contributed by atoms with Gasteiger partial charge in [0.2, 0.25) is 5.91 Å². The van der Waals surface area contributed by atoms with Gasteiger partial charge in [-0.3, -0.25) is 4.79 Å². The SMILES string of the molecule is CCOC(=O)C1(NC(=O)Cc2coc3ccc4ccccc4c23)CCCC1. The van der Waals surface area contributed by atoms with E-state index in [1.54, 1.807) is 13.2 Å². The summed E-state index contributed by atoms with van der Waals surface area (Å²) >= 11 is 0. The first-order valence-corrected chi connectivity index (χ1v) is 9.49. The van der Waals surface area contributed by atoms with Crippen molar-refractivity contribution in [3.05, 3.63) is 48.2 Å². The lowest BCUT2D eigenvalue weighted by Crippen LogP contribution is -2.53. The van der Waals surface area contributed by atoms with Crippen LogP contribution in [0.3, 0.4) is 0 Å². The molecule has 0 spiro atoms. The van der Waals surface area contributed by atoms with Gasteiger partial charge >= 0.3 is 5.97 Å². The predicted molar refractivity (Wildman–Crippen MR) is 103 cm³/mol. The standard InChI is InChI=1S/C22H23NO4/c1-2-26-21(25)22(11-5-6-12-22)23-19(24)13-16-14-27-18-10-9-15-7-3-4-8-17(15)20(16)18/h3-4,7-10,14H,2,5-6,11-13H2,1H3,(H,23,24). The van der Waals surface area contributed by atoms with Gasteiger partial charge in [-0.15, -0.1) is 0 Å². The molecule has 0 bridgehead atoms. The molecule has 27 heavy (non-hydrogen) atoms.